The van der Waals surface area contributed by atoms with E-state index in [0.717, 1.165) is 17.4 Å². The lowest BCUT2D eigenvalue weighted by atomic mass is 10.1. The molecule has 1 N–H and O–H groups in total. The SMILES string of the molecule is CC[C@H](C(=O)N[C@@H](C)c1ccc(C)cc1)N(c1ccc(OC)cc1)S(C)(=O)=O. The highest BCUT2D eigenvalue weighted by Crippen LogP contribution is 2.25. The molecular weight excluding hydrogens is 376 g/mol. The predicted octanol–water partition coefficient (Wildman–Crippen LogP) is 3.43. The largest absolute Gasteiger partial charge is 0.497 e. The van der Waals surface area contributed by atoms with Crippen molar-refractivity contribution in [2.24, 2.45) is 0 Å². The van der Waals surface area contributed by atoms with Crippen molar-refractivity contribution < 1.29 is 17.9 Å². The number of aryl methyl sites for hydroxylation is 1. The molecule has 0 bridgehead atoms. The van der Waals surface area contributed by atoms with E-state index in [4.69, 9.17) is 4.74 Å². The van der Waals surface area contributed by atoms with E-state index >= 15 is 0 Å². The summed E-state index contributed by atoms with van der Waals surface area (Å²) in [6.45, 7) is 5.68. The zero-order chi connectivity index (χ0) is 20.9. The van der Waals surface area contributed by atoms with Crippen LogP contribution in [0, 0.1) is 6.92 Å². The lowest BCUT2D eigenvalue weighted by molar-refractivity contribution is -0.122. The zero-order valence-electron chi connectivity index (χ0n) is 17.0. The molecule has 2 aromatic carbocycles. The summed E-state index contributed by atoms with van der Waals surface area (Å²) >= 11 is 0. The van der Waals surface area contributed by atoms with Gasteiger partial charge in [-0.1, -0.05) is 36.8 Å². The van der Waals surface area contributed by atoms with Gasteiger partial charge >= 0.3 is 0 Å². The fourth-order valence-electron chi connectivity index (χ4n) is 3.04. The summed E-state index contributed by atoms with van der Waals surface area (Å²) in [6, 6.07) is 13.4. The Bertz CT molecular complexity index is 893. The third-order valence-corrected chi connectivity index (χ3v) is 5.77. The Balaban J connectivity index is 2.29. The van der Waals surface area contributed by atoms with E-state index in [2.05, 4.69) is 5.32 Å². The van der Waals surface area contributed by atoms with E-state index in [1.54, 1.807) is 31.2 Å². The molecule has 28 heavy (non-hydrogen) atoms. The van der Waals surface area contributed by atoms with Gasteiger partial charge in [0.2, 0.25) is 15.9 Å². The number of rotatable bonds is 8. The molecule has 7 heteroatoms. The van der Waals surface area contributed by atoms with Crippen LogP contribution in [0.2, 0.25) is 0 Å². The van der Waals surface area contributed by atoms with Crippen molar-refractivity contribution in [1.29, 1.82) is 0 Å². The van der Waals surface area contributed by atoms with Gasteiger partial charge in [0.15, 0.2) is 0 Å². The monoisotopic (exact) mass is 404 g/mol. The number of ether oxygens (including phenoxy) is 1. The number of methoxy groups -OCH3 is 1. The number of amides is 1. The van der Waals surface area contributed by atoms with Crippen LogP contribution in [0.3, 0.4) is 0 Å². The van der Waals surface area contributed by atoms with E-state index in [9.17, 15) is 13.2 Å². The van der Waals surface area contributed by atoms with Crippen LogP contribution in [-0.2, 0) is 14.8 Å². The predicted molar refractivity (Wildman–Crippen MR) is 112 cm³/mol. The molecule has 0 saturated heterocycles. The Hall–Kier alpha value is -2.54. The maximum atomic E-state index is 13.0. The van der Waals surface area contributed by atoms with Gasteiger partial charge in [0.1, 0.15) is 11.8 Å². The summed E-state index contributed by atoms with van der Waals surface area (Å²) in [4.78, 5) is 13.0. The average Bonchev–Trinajstić information content (AvgIpc) is 2.65. The van der Waals surface area contributed by atoms with Crippen molar-refractivity contribution in [2.45, 2.75) is 39.3 Å². The summed E-state index contributed by atoms with van der Waals surface area (Å²) in [5, 5.41) is 2.94. The molecule has 2 rings (SSSR count). The summed E-state index contributed by atoms with van der Waals surface area (Å²) in [5.41, 5.74) is 2.52. The average molecular weight is 405 g/mol. The number of sulfonamides is 1. The van der Waals surface area contributed by atoms with Crippen molar-refractivity contribution in [3.63, 3.8) is 0 Å². The van der Waals surface area contributed by atoms with Crippen molar-refractivity contribution in [3.05, 3.63) is 59.7 Å². The smallest absolute Gasteiger partial charge is 0.244 e. The Morgan fingerprint density at radius 1 is 1.11 bits per heavy atom. The first-order chi connectivity index (χ1) is 13.2. The molecule has 1 amide bonds. The van der Waals surface area contributed by atoms with Crippen molar-refractivity contribution in [2.75, 3.05) is 17.7 Å². The van der Waals surface area contributed by atoms with Crippen molar-refractivity contribution >= 4 is 21.6 Å². The first kappa shape index (κ1) is 21.8. The van der Waals surface area contributed by atoms with Gasteiger partial charge in [-0.05, 0) is 50.1 Å². The van der Waals surface area contributed by atoms with Gasteiger partial charge in [-0.2, -0.15) is 0 Å². The lowest BCUT2D eigenvalue weighted by Gasteiger charge is -2.31. The number of nitrogens with one attached hydrogen (secondary N) is 1. The molecule has 0 saturated carbocycles. The molecule has 0 fully saturated rings. The van der Waals surface area contributed by atoms with Gasteiger partial charge < -0.3 is 10.1 Å². The maximum Gasteiger partial charge on any atom is 0.244 e. The van der Waals surface area contributed by atoms with Crippen LogP contribution in [0.5, 0.6) is 5.75 Å². The fourth-order valence-corrected chi connectivity index (χ4v) is 4.25. The first-order valence-corrected chi connectivity index (χ1v) is 11.0. The van der Waals surface area contributed by atoms with Crippen molar-refractivity contribution in [3.8, 4) is 5.75 Å². The molecule has 0 aromatic heterocycles. The highest BCUT2D eigenvalue weighted by atomic mass is 32.2. The minimum absolute atomic E-state index is 0.237. The van der Waals surface area contributed by atoms with Crippen LogP contribution in [0.25, 0.3) is 0 Å². The molecular formula is C21H28N2O4S. The Labute approximate surface area is 167 Å². The highest BCUT2D eigenvalue weighted by Gasteiger charge is 2.32. The molecule has 0 heterocycles. The van der Waals surface area contributed by atoms with Gasteiger partial charge in [0.05, 0.1) is 25.1 Å². The number of hydrogen-bond donors (Lipinski definition) is 1. The number of benzene rings is 2. The van der Waals surface area contributed by atoms with Gasteiger partial charge in [-0.25, -0.2) is 8.42 Å². The molecule has 152 valence electrons. The minimum atomic E-state index is -3.67. The normalized spacial score (nSPS) is 13.5. The number of nitrogens with zero attached hydrogens (tertiary/aromatic N) is 1. The third-order valence-electron chi connectivity index (χ3n) is 4.59. The number of hydrogen-bond acceptors (Lipinski definition) is 4. The number of carbonyl (C=O) groups is 1. The minimum Gasteiger partial charge on any atom is -0.497 e. The Morgan fingerprint density at radius 2 is 1.68 bits per heavy atom. The fraction of sp³-hybridized carbons (Fsp3) is 0.381. The second-order valence-corrected chi connectivity index (χ2v) is 8.68. The van der Waals surface area contributed by atoms with Gasteiger partial charge in [0.25, 0.3) is 0 Å². The van der Waals surface area contributed by atoms with Gasteiger partial charge in [0, 0.05) is 0 Å². The zero-order valence-corrected chi connectivity index (χ0v) is 17.8. The second-order valence-electron chi connectivity index (χ2n) is 6.82. The van der Waals surface area contributed by atoms with E-state index < -0.39 is 16.1 Å². The molecule has 0 aliphatic carbocycles. The molecule has 2 aromatic rings. The lowest BCUT2D eigenvalue weighted by Crippen LogP contribution is -2.49. The second kappa shape index (κ2) is 9.10. The first-order valence-electron chi connectivity index (χ1n) is 9.17. The van der Waals surface area contributed by atoms with Crippen LogP contribution in [0.4, 0.5) is 5.69 Å². The summed E-state index contributed by atoms with van der Waals surface area (Å²) in [6.07, 6.45) is 1.45. The molecule has 6 nitrogen and oxygen atoms in total. The summed E-state index contributed by atoms with van der Waals surface area (Å²) in [7, 11) is -2.13. The van der Waals surface area contributed by atoms with Crippen LogP contribution in [-0.4, -0.2) is 33.7 Å². The van der Waals surface area contributed by atoms with Crippen LogP contribution >= 0.6 is 0 Å². The van der Waals surface area contributed by atoms with Crippen LogP contribution < -0.4 is 14.4 Å². The topological polar surface area (TPSA) is 75.7 Å². The third kappa shape index (κ3) is 5.25. The van der Waals surface area contributed by atoms with Gasteiger partial charge in [-0.3, -0.25) is 9.10 Å². The van der Waals surface area contributed by atoms with Gasteiger partial charge in [-0.15, -0.1) is 0 Å². The molecule has 0 spiro atoms. The Kier molecular flexibility index (Phi) is 7.07. The molecule has 0 unspecified atom stereocenters. The van der Waals surface area contributed by atoms with Crippen molar-refractivity contribution in [1.82, 2.24) is 5.32 Å². The summed E-state index contributed by atoms with van der Waals surface area (Å²) in [5.74, 6) is 0.277. The van der Waals surface area contributed by atoms with Crippen LogP contribution in [0.1, 0.15) is 37.4 Å². The number of anilines is 1. The Morgan fingerprint density at radius 3 is 2.14 bits per heavy atom. The highest BCUT2D eigenvalue weighted by molar-refractivity contribution is 7.92. The molecule has 0 radical (unpaired) electrons. The number of carbonyl (C=O) groups excluding carboxylic acids is 1. The van der Waals surface area contributed by atoms with E-state index in [1.165, 1.54) is 11.4 Å². The molecule has 2 atom stereocenters. The summed E-state index contributed by atoms with van der Waals surface area (Å²) < 4.78 is 31.3. The van der Waals surface area contributed by atoms with E-state index in [0.29, 0.717) is 17.9 Å². The van der Waals surface area contributed by atoms with E-state index in [-0.39, 0.29) is 11.9 Å². The van der Waals surface area contributed by atoms with Crippen LogP contribution in [0.15, 0.2) is 48.5 Å². The molecule has 0 aliphatic heterocycles. The maximum absolute atomic E-state index is 13.0. The quantitative estimate of drug-likeness (QED) is 0.731. The molecule has 0 aliphatic rings. The standard InChI is InChI=1S/C21H28N2O4S/c1-6-20(21(24)22-16(3)17-9-7-15(2)8-10-17)23(28(5,25)26)18-11-13-19(27-4)14-12-18/h7-14,16,20H,6H2,1-5H3,(H,22,24)/t16-,20+/m0/s1. The van der Waals surface area contributed by atoms with E-state index in [1.807, 2.05) is 38.1 Å².